The molecule has 0 unspecified atom stereocenters. The molecule has 3 heterocycles. The summed E-state index contributed by atoms with van der Waals surface area (Å²) in [6.45, 7) is 5.81. The van der Waals surface area contributed by atoms with Gasteiger partial charge in [-0.2, -0.15) is 0 Å². The van der Waals surface area contributed by atoms with Crippen molar-refractivity contribution in [1.82, 2.24) is 4.57 Å². The average Bonchev–Trinajstić information content (AvgIpc) is 3.51. The highest BCUT2D eigenvalue weighted by Crippen LogP contribution is 2.51. The SMILES string of the molecule is C/C=C1/C(C)=Nc2c1cc(C)c1c2N(C)C(=O)Cn2cc(C(=O)c3cc(F)c(NC(=O)/C=C/CCl)c(F)c3)c3cccc-1c32. The first-order chi connectivity index (χ1) is 21.0. The highest BCUT2D eigenvalue weighted by molar-refractivity contribution is 6.30. The van der Waals surface area contributed by atoms with Crippen LogP contribution >= 0.6 is 11.6 Å². The summed E-state index contributed by atoms with van der Waals surface area (Å²) >= 11 is 5.51. The van der Waals surface area contributed by atoms with Crippen LogP contribution in [-0.4, -0.2) is 40.8 Å². The number of carbonyl (C=O) groups is 3. The second-order valence-corrected chi connectivity index (χ2v) is 11.0. The van der Waals surface area contributed by atoms with E-state index in [1.54, 1.807) is 28.8 Å². The summed E-state index contributed by atoms with van der Waals surface area (Å²) in [5, 5.41) is 2.67. The Morgan fingerprint density at radius 2 is 1.84 bits per heavy atom. The molecule has 0 spiro atoms. The number of hydrogen-bond donors (Lipinski definition) is 1. The summed E-state index contributed by atoms with van der Waals surface area (Å²) in [6.07, 6.45) is 5.95. The largest absolute Gasteiger partial charge is 0.337 e. The number of aliphatic imine (C=N–C) groups is 1. The number of likely N-dealkylation sites (N-methyl/N-ethyl adjacent to an activating group) is 1. The predicted octanol–water partition coefficient (Wildman–Crippen LogP) is 7.35. The number of allylic oxidation sites excluding steroid dienone is 3. The zero-order chi connectivity index (χ0) is 31.4. The molecule has 0 radical (unpaired) electrons. The first kappa shape index (κ1) is 29.2. The Hall–Kier alpha value is -4.89. The Labute approximate surface area is 257 Å². The Balaban J connectivity index is 1.52. The number of aryl methyl sites for hydroxylation is 1. The van der Waals surface area contributed by atoms with E-state index in [-0.39, 0.29) is 29.5 Å². The van der Waals surface area contributed by atoms with Crippen molar-refractivity contribution in [3.8, 4) is 11.1 Å². The van der Waals surface area contributed by atoms with Crippen molar-refractivity contribution in [2.24, 2.45) is 4.99 Å². The van der Waals surface area contributed by atoms with Crippen molar-refractivity contribution >= 4 is 68.4 Å². The van der Waals surface area contributed by atoms with E-state index in [4.69, 9.17) is 16.6 Å². The van der Waals surface area contributed by atoms with E-state index in [2.05, 4.69) is 11.4 Å². The van der Waals surface area contributed by atoms with Crippen LogP contribution in [0.1, 0.15) is 40.9 Å². The van der Waals surface area contributed by atoms with Gasteiger partial charge in [0.05, 0.1) is 16.9 Å². The number of para-hydroxylation sites is 1. The minimum atomic E-state index is -1.10. The summed E-state index contributed by atoms with van der Waals surface area (Å²) in [5.74, 6) is -3.76. The van der Waals surface area contributed by atoms with Crippen LogP contribution in [0, 0.1) is 18.6 Å². The number of alkyl halides is 1. The lowest BCUT2D eigenvalue weighted by molar-refractivity contribution is -0.118. The predicted molar refractivity (Wildman–Crippen MR) is 170 cm³/mol. The number of ketones is 1. The molecule has 0 fully saturated rings. The van der Waals surface area contributed by atoms with Gasteiger partial charge in [-0.3, -0.25) is 19.4 Å². The van der Waals surface area contributed by atoms with Crippen LogP contribution in [0.25, 0.3) is 27.6 Å². The van der Waals surface area contributed by atoms with Gasteiger partial charge in [0.25, 0.3) is 0 Å². The van der Waals surface area contributed by atoms with E-state index in [1.807, 2.05) is 39.0 Å². The van der Waals surface area contributed by atoms with E-state index in [0.717, 1.165) is 57.4 Å². The molecular formula is C34H27ClF2N4O3. The van der Waals surface area contributed by atoms with Crippen LogP contribution in [-0.2, 0) is 16.1 Å². The van der Waals surface area contributed by atoms with Gasteiger partial charge >= 0.3 is 0 Å². The topological polar surface area (TPSA) is 83.8 Å². The number of hydrogen-bond acceptors (Lipinski definition) is 4. The van der Waals surface area contributed by atoms with Crippen molar-refractivity contribution in [3.05, 3.63) is 94.7 Å². The normalized spacial score (nSPS) is 15.0. The minimum absolute atomic E-state index is 0.0567. The molecule has 2 aliphatic heterocycles. The maximum absolute atomic E-state index is 15.0. The molecule has 44 heavy (non-hydrogen) atoms. The first-order valence-corrected chi connectivity index (χ1v) is 14.4. The summed E-state index contributed by atoms with van der Waals surface area (Å²) in [6, 6.07) is 9.35. The number of nitrogens with one attached hydrogen (secondary N) is 1. The quantitative estimate of drug-likeness (QED) is 0.145. The second kappa shape index (κ2) is 11.0. The lowest BCUT2D eigenvalue weighted by Gasteiger charge is -2.28. The summed E-state index contributed by atoms with van der Waals surface area (Å²) < 4.78 is 31.7. The third-order valence-electron chi connectivity index (χ3n) is 8.06. The summed E-state index contributed by atoms with van der Waals surface area (Å²) in [7, 11) is 1.72. The summed E-state index contributed by atoms with van der Waals surface area (Å²) in [5.41, 5.74) is 6.73. The molecular weight excluding hydrogens is 586 g/mol. The van der Waals surface area contributed by atoms with Crippen molar-refractivity contribution in [1.29, 1.82) is 0 Å². The Bertz CT molecular complexity index is 2020. The van der Waals surface area contributed by atoms with Gasteiger partial charge in [-0.1, -0.05) is 30.4 Å². The van der Waals surface area contributed by atoms with Crippen LogP contribution < -0.4 is 10.2 Å². The molecule has 7 nitrogen and oxygen atoms in total. The number of nitrogens with zero attached hydrogens (tertiary/aromatic N) is 3. The zero-order valence-electron chi connectivity index (χ0n) is 24.4. The highest BCUT2D eigenvalue weighted by atomic mass is 35.5. The number of halogens is 3. The molecule has 0 saturated heterocycles. The Kier molecular flexibility index (Phi) is 7.29. The van der Waals surface area contributed by atoms with Crippen LogP contribution in [0.3, 0.4) is 0 Å². The van der Waals surface area contributed by atoms with E-state index >= 15 is 8.78 Å². The van der Waals surface area contributed by atoms with Gasteiger partial charge < -0.3 is 14.8 Å². The average molecular weight is 613 g/mol. The van der Waals surface area contributed by atoms with Crippen molar-refractivity contribution in [3.63, 3.8) is 0 Å². The molecule has 0 aliphatic carbocycles. The van der Waals surface area contributed by atoms with Gasteiger partial charge in [0, 0.05) is 69.7 Å². The molecule has 222 valence electrons. The fourth-order valence-electron chi connectivity index (χ4n) is 6.10. The van der Waals surface area contributed by atoms with Gasteiger partial charge in [0.15, 0.2) is 5.78 Å². The van der Waals surface area contributed by atoms with Crippen LogP contribution in [0.15, 0.2) is 65.8 Å². The van der Waals surface area contributed by atoms with Crippen LogP contribution in [0.5, 0.6) is 0 Å². The van der Waals surface area contributed by atoms with E-state index in [9.17, 15) is 14.4 Å². The van der Waals surface area contributed by atoms with Gasteiger partial charge in [-0.05, 0) is 44.5 Å². The number of carbonyl (C=O) groups excluding carboxylic acids is 3. The zero-order valence-corrected chi connectivity index (χ0v) is 25.1. The molecule has 1 N–H and O–H groups in total. The maximum atomic E-state index is 15.0. The van der Waals surface area contributed by atoms with Crippen molar-refractivity contribution < 1.29 is 23.2 Å². The molecule has 0 saturated carbocycles. The fraction of sp³-hybridized carbons (Fsp3) is 0.176. The highest BCUT2D eigenvalue weighted by Gasteiger charge is 2.32. The summed E-state index contributed by atoms with van der Waals surface area (Å²) in [4.78, 5) is 45.9. The first-order valence-electron chi connectivity index (χ1n) is 13.9. The molecule has 2 amide bonds. The number of amides is 2. The van der Waals surface area contributed by atoms with Gasteiger partial charge in [0.2, 0.25) is 11.8 Å². The third kappa shape index (κ3) is 4.55. The molecule has 0 atom stereocenters. The van der Waals surface area contributed by atoms with Gasteiger partial charge in [-0.25, -0.2) is 8.78 Å². The van der Waals surface area contributed by atoms with E-state index in [1.165, 1.54) is 6.08 Å². The van der Waals surface area contributed by atoms with Gasteiger partial charge in [0.1, 0.15) is 23.9 Å². The lowest BCUT2D eigenvalue weighted by atomic mass is 9.90. The monoisotopic (exact) mass is 612 g/mol. The van der Waals surface area contributed by atoms with E-state index < -0.39 is 29.0 Å². The Morgan fingerprint density at radius 1 is 1.11 bits per heavy atom. The molecule has 10 heteroatoms. The number of anilines is 2. The molecule has 3 aromatic carbocycles. The molecule has 1 aromatic heterocycles. The lowest BCUT2D eigenvalue weighted by Crippen LogP contribution is -2.31. The smallest absolute Gasteiger partial charge is 0.248 e. The van der Waals surface area contributed by atoms with Crippen molar-refractivity contribution in [2.75, 3.05) is 23.1 Å². The fourth-order valence-corrected chi connectivity index (χ4v) is 6.19. The minimum Gasteiger partial charge on any atom is -0.337 e. The Morgan fingerprint density at radius 3 is 2.52 bits per heavy atom. The number of fused-ring (bicyclic) bond motifs is 4. The molecule has 2 aliphatic rings. The van der Waals surface area contributed by atoms with Crippen molar-refractivity contribution in [2.45, 2.75) is 27.3 Å². The molecule has 6 rings (SSSR count). The second-order valence-electron chi connectivity index (χ2n) is 10.7. The van der Waals surface area contributed by atoms with Crippen LogP contribution in [0.2, 0.25) is 0 Å². The third-order valence-corrected chi connectivity index (χ3v) is 8.24. The van der Waals surface area contributed by atoms with Gasteiger partial charge in [-0.15, -0.1) is 11.6 Å². The number of aromatic nitrogens is 1. The number of benzene rings is 3. The standard InChI is InChI=1S/C34H27ClF2N4O3/c1-5-20-18(3)38-30-23(20)12-17(2)29-22-9-6-8-21-24(15-41(32(21)22)16-28(43)40(4)33(29)30)34(44)19-13-25(36)31(26(37)14-19)39-27(42)10-7-11-35/h5-10,12-15H,11,16H2,1-4H3,(H,39,42)/b10-7+,20-5-. The van der Waals surface area contributed by atoms with Crippen LogP contribution in [0.4, 0.5) is 25.8 Å². The maximum Gasteiger partial charge on any atom is 0.248 e. The van der Waals surface area contributed by atoms with E-state index in [0.29, 0.717) is 16.6 Å². The number of rotatable bonds is 5. The molecule has 4 aromatic rings. The molecule has 0 bridgehead atoms.